The highest BCUT2D eigenvalue weighted by Gasteiger charge is 2.06. The molecular weight excluding hydrogens is 351 g/mol. The molecule has 5 heteroatoms. The molecule has 0 aliphatic rings. The molecule has 0 amide bonds. The Morgan fingerprint density at radius 3 is 1.84 bits per heavy atom. The van der Waals surface area contributed by atoms with Crippen LogP contribution < -0.4 is 0 Å². The topological polar surface area (TPSA) is 51.6 Å². The van der Waals surface area contributed by atoms with E-state index in [2.05, 4.69) is 43.0 Å². The van der Waals surface area contributed by atoms with Gasteiger partial charge < -0.3 is 0 Å². The number of hydrogen-bond acceptors (Lipinski definition) is 4. The van der Waals surface area contributed by atoms with E-state index in [0.29, 0.717) is 11.6 Å². The number of nitrogens with zero attached hydrogens (tertiary/aromatic N) is 4. The minimum absolute atomic E-state index is 0.537. The van der Waals surface area contributed by atoms with E-state index < -0.39 is 0 Å². The molecular formula is C14H9IN4. The third-order valence-electron chi connectivity index (χ3n) is 2.59. The molecule has 0 spiro atoms. The summed E-state index contributed by atoms with van der Waals surface area (Å²) in [5, 5.41) is 16.5. The average molecular weight is 360 g/mol. The fraction of sp³-hybridized carbons (Fsp3) is 0. The molecule has 0 fully saturated rings. The van der Waals surface area contributed by atoms with E-state index in [9.17, 15) is 0 Å². The normalized spacial score (nSPS) is 10.4. The van der Waals surface area contributed by atoms with Gasteiger partial charge in [0, 0.05) is 14.7 Å². The molecule has 0 saturated carbocycles. The summed E-state index contributed by atoms with van der Waals surface area (Å²) in [5.41, 5.74) is 1.84. The van der Waals surface area contributed by atoms with Gasteiger partial charge in [-0.2, -0.15) is 0 Å². The van der Waals surface area contributed by atoms with E-state index in [4.69, 9.17) is 0 Å². The zero-order valence-electron chi connectivity index (χ0n) is 9.86. The van der Waals surface area contributed by atoms with E-state index in [0.717, 1.165) is 14.7 Å². The lowest BCUT2D eigenvalue weighted by molar-refractivity contribution is 0.876. The van der Waals surface area contributed by atoms with Crippen molar-refractivity contribution in [3.05, 3.63) is 58.2 Å². The summed E-state index contributed by atoms with van der Waals surface area (Å²) in [6.07, 6.45) is 0. The highest BCUT2D eigenvalue weighted by Crippen LogP contribution is 2.17. The Bertz CT molecular complexity index is 683. The second-order valence-corrected chi connectivity index (χ2v) is 5.17. The van der Waals surface area contributed by atoms with Gasteiger partial charge in [-0.05, 0) is 34.7 Å². The van der Waals surface area contributed by atoms with Gasteiger partial charge in [0.05, 0.1) is 0 Å². The maximum absolute atomic E-state index is 4.14. The Morgan fingerprint density at radius 1 is 0.632 bits per heavy atom. The van der Waals surface area contributed by atoms with Crippen LogP contribution in [0.1, 0.15) is 0 Å². The van der Waals surface area contributed by atoms with E-state index in [-0.39, 0.29) is 0 Å². The molecule has 0 saturated heterocycles. The maximum atomic E-state index is 4.14. The van der Waals surface area contributed by atoms with Crippen molar-refractivity contribution >= 4 is 22.6 Å². The van der Waals surface area contributed by atoms with Crippen LogP contribution in [0.2, 0.25) is 0 Å². The maximum Gasteiger partial charge on any atom is 0.203 e. The Labute approximate surface area is 124 Å². The number of halogens is 1. The number of rotatable bonds is 2. The zero-order chi connectivity index (χ0) is 13.1. The number of hydrogen-bond donors (Lipinski definition) is 0. The second-order valence-electron chi connectivity index (χ2n) is 3.92. The van der Waals surface area contributed by atoms with Crippen LogP contribution in [-0.2, 0) is 0 Å². The number of aromatic nitrogens is 4. The van der Waals surface area contributed by atoms with Gasteiger partial charge in [0.15, 0.2) is 0 Å². The zero-order valence-corrected chi connectivity index (χ0v) is 12.0. The first-order valence-corrected chi connectivity index (χ1v) is 6.79. The fourth-order valence-electron chi connectivity index (χ4n) is 1.68. The molecule has 1 heterocycles. The van der Waals surface area contributed by atoms with Crippen LogP contribution in [0, 0.1) is 3.57 Å². The third-order valence-corrected chi connectivity index (χ3v) is 3.26. The summed E-state index contributed by atoms with van der Waals surface area (Å²) in [7, 11) is 0. The van der Waals surface area contributed by atoms with Crippen LogP contribution in [-0.4, -0.2) is 20.4 Å². The Kier molecular flexibility index (Phi) is 3.45. The van der Waals surface area contributed by atoms with Crippen molar-refractivity contribution in [3.63, 3.8) is 0 Å². The molecule has 19 heavy (non-hydrogen) atoms. The average Bonchev–Trinajstić information content (AvgIpc) is 2.48. The van der Waals surface area contributed by atoms with E-state index in [1.165, 1.54) is 0 Å². The first-order chi connectivity index (χ1) is 9.33. The highest BCUT2D eigenvalue weighted by molar-refractivity contribution is 14.1. The second kappa shape index (κ2) is 5.40. The highest BCUT2D eigenvalue weighted by atomic mass is 127. The Hall–Kier alpha value is -1.89. The van der Waals surface area contributed by atoms with Gasteiger partial charge >= 0.3 is 0 Å². The van der Waals surface area contributed by atoms with Crippen molar-refractivity contribution in [2.45, 2.75) is 0 Å². The van der Waals surface area contributed by atoms with Gasteiger partial charge in [0.1, 0.15) is 0 Å². The standard InChI is InChI=1S/C14H9IN4/c15-12-8-4-7-11(9-12)14-18-16-13(17-19-14)10-5-2-1-3-6-10/h1-9H. The largest absolute Gasteiger partial charge is 0.203 e. The van der Waals surface area contributed by atoms with Crippen LogP contribution in [0.3, 0.4) is 0 Å². The molecule has 92 valence electrons. The summed E-state index contributed by atoms with van der Waals surface area (Å²) in [4.78, 5) is 0. The predicted molar refractivity (Wildman–Crippen MR) is 81.2 cm³/mol. The predicted octanol–water partition coefficient (Wildman–Crippen LogP) is 3.21. The van der Waals surface area contributed by atoms with Gasteiger partial charge in [-0.1, -0.05) is 42.5 Å². The fourth-order valence-corrected chi connectivity index (χ4v) is 2.22. The summed E-state index contributed by atoms with van der Waals surface area (Å²) in [6.45, 7) is 0. The molecule has 0 radical (unpaired) electrons. The lowest BCUT2D eigenvalue weighted by Gasteiger charge is -2.00. The summed E-state index contributed by atoms with van der Waals surface area (Å²) in [5.74, 6) is 1.08. The molecule has 0 aliphatic heterocycles. The van der Waals surface area contributed by atoms with E-state index >= 15 is 0 Å². The van der Waals surface area contributed by atoms with Crippen LogP contribution in [0.5, 0.6) is 0 Å². The minimum Gasteiger partial charge on any atom is -0.126 e. The van der Waals surface area contributed by atoms with Crippen molar-refractivity contribution in [1.82, 2.24) is 20.4 Å². The molecule has 0 atom stereocenters. The molecule has 3 aromatic rings. The van der Waals surface area contributed by atoms with Crippen molar-refractivity contribution in [2.24, 2.45) is 0 Å². The molecule has 2 aromatic carbocycles. The first-order valence-electron chi connectivity index (χ1n) is 5.72. The SMILES string of the molecule is Ic1cccc(-c2nnc(-c3ccccc3)nn2)c1. The van der Waals surface area contributed by atoms with E-state index in [1.807, 2.05) is 54.6 Å². The molecule has 0 N–H and O–H groups in total. The minimum atomic E-state index is 0.537. The smallest absolute Gasteiger partial charge is 0.126 e. The quantitative estimate of drug-likeness (QED) is 0.659. The van der Waals surface area contributed by atoms with E-state index in [1.54, 1.807) is 0 Å². The van der Waals surface area contributed by atoms with Gasteiger partial charge in [0.2, 0.25) is 11.6 Å². The Morgan fingerprint density at radius 2 is 1.21 bits per heavy atom. The van der Waals surface area contributed by atoms with Gasteiger partial charge in [0.25, 0.3) is 0 Å². The molecule has 0 bridgehead atoms. The lowest BCUT2D eigenvalue weighted by atomic mass is 10.2. The van der Waals surface area contributed by atoms with Gasteiger partial charge in [-0.3, -0.25) is 0 Å². The van der Waals surface area contributed by atoms with Crippen molar-refractivity contribution in [3.8, 4) is 22.8 Å². The van der Waals surface area contributed by atoms with Crippen molar-refractivity contribution in [2.75, 3.05) is 0 Å². The van der Waals surface area contributed by atoms with Crippen LogP contribution in [0.15, 0.2) is 54.6 Å². The first kappa shape index (κ1) is 12.2. The summed E-state index contributed by atoms with van der Waals surface area (Å²) >= 11 is 2.25. The monoisotopic (exact) mass is 360 g/mol. The summed E-state index contributed by atoms with van der Waals surface area (Å²) in [6, 6.07) is 17.6. The lowest BCUT2D eigenvalue weighted by Crippen LogP contribution is -1.99. The Balaban J connectivity index is 1.95. The molecule has 3 rings (SSSR count). The van der Waals surface area contributed by atoms with Crippen molar-refractivity contribution in [1.29, 1.82) is 0 Å². The van der Waals surface area contributed by atoms with Crippen LogP contribution in [0.4, 0.5) is 0 Å². The third kappa shape index (κ3) is 2.76. The molecule has 4 nitrogen and oxygen atoms in total. The van der Waals surface area contributed by atoms with Gasteiger partial charge in [-0.15, -0.1) is 20.4 Å². The molecule has 0 aliphatic carbocycles. The molecule has 1 aromatic heterocycles. The molecule has 0 unspecified atom stereocenters. The van der Waals surface area contributed by atoms with Crippen LogP contribution >= 0.6 is 22.6 Å². The van der Waals surface area contributed by atoms with Crippen molar-refractivity contribution < 1.29 is 0 Å². The van der Waals surface area contributed by atoms with Crippen LogP contribution in [0.25, 0.3) is 22.8 Å². The van der Waals surface area contributed by atoms with Gasteiger partial charge in [-0.25, -0.2) is 0 Å². The number of benzene rings is 2. The summed E-state index contributed by atoms with van der Waals surface area (Å²) < 4.78 is 1.13.